The Kier molecular flexibility index (Phi) is 69.6. The quantitative estimate of drug-likeness (QED) is 0.0222. The fourth-order valence-electron chi connectivity index (χ4n) is 12.6. The summed E-state index contributed by atoms with van der Waals surface area (Å²) in [6.07, 6.45) is 58.6. The molecule has 0 aromatic heterocycles. The molecule has 0 radical (unpaired) electrons. The van der Waals surface area contributed by atoms with E-state index in [0.29, 0.717) is 37.5 Å². The summed E-state index contributed by atoms with van der Waals surface area (Å²) >= 11 is 0. The number of hydrogen-bond donors (Lipinski definition) is 3. The molecule has 0 bridgehead atoms. The molecule has 0 aromatic carbocycles. The van der Waals surface area contributed by atoms with Crippen molar-refractivity contribution in [3.63, 3.8) is 0 Å². The van der Waals surface area contributed by atoms with E-state index in [-0.39, 0.29) is 25.7 Å². The van der Waals surface area contributed by atoms with E-state index in [1.54, 1.807) is 0 Å². The molecule has 6 atom stereocenters. The highest BCUT2D eigenvalue weighted by atomic mass is 31.2. The number of phosphoric acid groups is 2. The van der Waals surface area contributed by atoms with Crippen molar-refractivity contribution in [3.8, 4) is 0 Å². The van der Waals surface area contributed by atoms with Gasteiger partial charge in [0, 0.05) is 25.7 Å². The number of rotatable bonds is 79. The van der Waals surface area contributed by atoms with Gasteiger partial charge >= 0.3 is 39.5 Å². The maximum Gasteiger partial charge on any atom is 0.472 e. The Morgan fingerprint density at radius 2 is 0.475 bits per heavy atom. The maximum atomic E-state index is 13.1. The largest absolute Gasteiger partial charge is 0.472 e. The van der Waals surface area contributed by atoms with Gasteiger partial charge in [0.05, 0.1) is 26.4 Å². The molecular weight excluding hydrogens is 1320 g/mol. The third-order valence-electron chi connectivity index (χ3n) is 19.4. The van der Waals surface area contributed by atoms with E-state index >= 15 is 0 Å². The number of hydrogen-bond acceptors (Lipinski definition) is 15. The zero-order chi connectivity index (χ0) is 74.6. The Morgan fingerprint density at radius 3 is 0.703 bits per heavy atom. The fourth-order valence-corrected chi connectivity index (χ4v) is 14.2. The van der Waals surface area contributed by atoms with Crippen LogP contribution >= 0.6 is 15.6 Å². The van der Waals surface area contributed by atoms with E-state index in [1.807, 2.05) is 0 Å². The summed E-state index contributed by atoms with van der Waals surface area (Å²) in [6.45, 7) is 14.2. The lowest BCUT2D eigenvalue weighted by molar-refractivity contribution is -0.161. The highest BCUT2D eigenvalue weighted by molar-refractivity contribution is 7.47. The van der Waals surface area contributed by atoms with Crippen LogP contribution in [-0.2, 0) is 65.4 Å². The van der Waals surface area contributed by atoms with Gasteiger partial charge in [-0.15, -0.1) is 0 Å². The maximum absolute atomic E-state index is 13.1. The zero-order valence-electron chi connectivity index (χ0n) is 66.5. The minimum Gasteiger partial charge on any atom is -0.462 e. The van der Waals surface area contributed by atoms with Crippen LogP contribution in [0.5, 0.6) is 0 Å². The molecule has 0 saturated carbocycles. The molecule has 0 heterocycles. The van der Waals surface area contributed by atoms with E-state index in [4.69, 9.17) is 37.0 Å². The van der Waals surface area contributed by atoms with Gasteiger partial charge in [-0.25, -0.2) is 9.13 Å². The normalized spacial score (nSPS) is 14.3. The first-order chi connectivity index (χ1) is 48.6. The van der Waals surface area contributed by atoms with Crippen LogP contribution in [0.2, 0.25) is 0 Å². The minimum atomic E-state index is -4.96. The topological polar surface area (TPSA) is 237 Å². The van der Waals surface area contributed by atoms with Crippen LogP contribution in [0.1, 0.15) is 421 Å². The highest BCUT2D eigenvalue weighted by Gasteiger charge is 2.30. The van der Waals surface area contributed by atoms with E-state index in [1.165, 1.54) is 218 Å². The number of carbonyl (C=O) groups excluding carboxylic acids is 4. The number of aliphatic hydroxyl groups excluding tert-OH is 1. The first kappa shape index (κ1) is 99.1. The third-order valence-corrected chi connectivity index (χ3v) is 21.3. The number of ether oxygens (including phenoxy) is 4. The fraction of sp³-hybridized carbons (Fsp3) is 0.951. The number of aliphatic hydroxyl groups is 1. The van der Waals surface area contributed by atoms with Crippen molar-refractivity contribution in [1.82, 2.24) is 0 Å². The second-order valence-corrected chi connectivity index (χ2v) is 34.1. The predicted molar refractivity (Wildman–Crippen MR) is 414 cm³/mol. The average Bonchev–Trinajstić information content (AvgIpc) is 1.01. The molecule has 19 heteroatoms. The summed E-state index contributed by atoms with van der Waals surface area (Å²) in [6, 6.07) is 0. The Hall–Kier alpha value is -1.94. The van der Waals surface area contributed by atoms with Gasteiger partial charge in [0.2, 0.25) is 0 Å². The zero-order valence-corrected chi connectivity index (χ0v) is 68.3. The Bertz CT molecular complexity index is 1970. The number of esters is 4. The minimum absolute atomic E-state index is 0.105. The van der Waals surface area contributed by atoms with E-state index in [0.717, 1.165) is 108 Å². The summed E-state index contributed by atoms with van der Waals surface area (Å²) in [5.41, 5.74) is 0. The molecule has 4 unspecified atom stereocenters. The van der Waals surface area contributed by atoms with Crippen molar-refractivity contribution in [2.24, 2.45) is 23.7 Å². The van der Waals surface area contributed by atoms with Gasteiger partial charge in [0.1, 0.15) is 19.3 Å². The third kappa shape index (κ3) is 74.7. The van der Waals surface area contributed by atoms with Crippen molar-refractivity contribution in [1.29, 1.82) is 0 Å². The van der Waals surface area contributed by atoms with Crippen LogP contribution in [0.3, 0.4) is 0 Å². The number of carbonyl (C=O) groups is 4. The SMILES string of the molecule is CCC(C)CCCCCCCCCCCCCCCCCCCCC(=O)OC[C@H](COP(=O)(O)OCC(O)COP(=O)(O)OC[C@@H](COC(=O)CCCCCCCCC(C)C)OC(=O)CCCCCCCCCCCCCCCCCCC(C)C)OC(=O)CCCCCCCCCCC(C)C. The lowest BCUT2D eigenvalue weighted by atomic mass is 9.99. The standard InChI is InChI=1S/C82H160O17P2/c1-9-75(8)61-53-45-36-29-25-21-17-12-10-11-13-18-22-26-30-37-46-54-62-79(84)92-68-77(99-82(87)65-57-49-39-33-32-35-43-51-59-73(4)5)70-96-100(88,89)94-66-76(83)67-95-101(90,91)97-71-78(69-93-80(85)63-55-47-41-40-44-52-60-74(6)7)98-81(86)64-56-48-38-31-27-23-19-15-14-16-20-24-28-34-42-50-58-72(2)3/h72-78,83H,9-71H2,1-8H3,(H,88,89)(H,90,91)/t75?,76?,77-,78-/m1/s1. The van der Waals surface area contributed by atoms with Gasteiger partial charge in [0.25, 0.3) is 0 Å². The Labute approximate surface area is 619 Å². The van der Waals surface area contributed by atoms with Crippen molar-refractivity contribution in [3.05, 3.63) is 0 Å². The summed E-state index contributed by atoms with van der Waals surface area (Å²) in [4.78, 5) is 72.9. The second kappa shape index (κ2) is 71.0. The molecule has 0 rings (SSSR count). The van der Waals surface area contributed by atoms with Gasteiger partial charge in [-0.05, 0) is 49.4 Å². The Morgan fingerprint density at radius 1 is 0.277 bits per heavy atom. The monoisotopic (exact) mass is 1480 g/mol. The van der Waals surface area contributed by atoms with Crippen molar-refractivity contribution in [2.45, 2.75) is 440 Å². The molecule has 3 N–H and O–H groups in total. The molecule has 0 aliphatic heterocycles. The van der Waals surface area contributed by atoms with Crippen LogP contribution in [-0.4, -0.2) is 96.7 Å². The first-order valence-corrected chi connectivity index (χ1v) is 45.2. The molecule has 0 saturated heterocycles. The summed E-state index contributed by atoms with van der Waals surface area (Å²) < 4.78 is 68.6. The summed E-state index contributed by atoms with van der Waals surface area (Å²) in [5.74, 6) is 0.962. The Balaban J connectivity index is 5.12. The van der Waals surface area contributed by atoms with Gasteiger partial charge in [0.15, 0.2) is 12.2 Å². The van der Waals surface area contributed by atoms with Gasteiger partial charge < -0.3 is 33.8 Å². The molecule has 17 nitrogen and oxygen atoms in total. The van der Waals surface area contributed by atoms with Gasteiger partial charge in [-0.2, -0.15) is 0 Å². The van der Waals surface area contributed by atoms with Crippen LogP contribution in [0.15, 0.2) is 0 Å². The number of unbranched alkanes of at least 4 members (excludes halogenated alkanes) is 44. The highest BCUT2D eigenvalue weighted by Crippen LogP contribution is 2.45. The molecule has 600 valence electrons. The van der Waals surface area contributed by atoms with Crippen molar-refractivity contribution >= 4 is 39.5 Å². The van der Waals surface area contributed by atoms with Crippen LogP contribution in [0.4, 0.5) is 0 Å². The molecule has 101 heavy (non-hydrogen) atoms. The molecule has 0 amide bonds. The first-order valence-electron chi connectivity index (χ1n) is 42.2. The lowest BCUT2D eigenvalue weighted by Gasteiger charge is -2.21. The predicted octanol–water partition coefficient (Wildman–Crippen LogP) is 24.4. The van der Waals surface area contributed by atoms with E-state index in [9.17, 15) is 43.2 Å². The van der Waals surface area contributed by atoms with Crippen LogP contribution in [0, 0.1) is 23.7 Å². The molecular formula is C82H160O17P2. The van der Waals surface area contributed by atoms with Gasteiger partial charge in [-0.1, -0.05) is 370 Å². The average molecular weight is 1480 g/mol. The molecule has 0 spiro atoms. The van der Waals surface area contributed by atoms with Crippen LogP contribution < -0.4 is 0 Å². The van der Waals surface area contributed by atoms with Crippen molar-refractivity contribution < 1.29 is 80.2 Å². The lowest BCUT2D eigenvalue weighted by Crippen LogP contribution is -2.30. The second-order valence-electron chi connectivity index (χ2n) is 31.2. The van der Waals surface area contributed by atoms with Crippen LogP contribution in [0.25, 0.3) is 0 Å². The molecule has 0 aliphatic rings. The van der Waals surface area contributed by atoms with Gasteiger partial charge in [-0.3, -0.25) is 37.3 Å². The smallest absolute Gasteiger partial charge is 0.462 e. The van der Waals surface area contributed by atoms with E-state index in [2.05, 4.69) is 55.4 Å². The summed E-state index contributed by atoms with van der Waals surface area (Å²) in [5, 5.41) is 10.6. The number of phosphoric ester groups is 2. The molecule has 0 aliphatic carbocycles. The molecule has 0 aromatic rings. The van der Waals surface area contributed by atoms with E-state index < -0.39 is 97.5 Å². The molecule has 0 fully saturated rings. The van der Waals surface area contributed by atoms with Crippen molar-refractivity contribution in [2.75, 3.05) is 39.6 Å². The summed E-state index contributed by atoms with van der Waals surface area (Å²) in [7, 11) is -9.92.